The van der Waals surface area contributed by atoms with E-state index in [4.69, 9.17) is 5.73 Å². The van der Waals surface area contributed by atoms with Crippen molar-refractivity contribution in [2.45, 2.75) is 51.6 Å². The first-order valence-electron chi connectivity index (χ1n) is 6.81. The van der Waals surface area contributed by atoms with Crippen molar-refractivity contribution in [3.63, 3.8) is 0 Å². The van der Waals surface area contributed by atoms with Crippen LogP contribution >= 0.6 is 0 Å². The highest BCUT2D eigenvalue weighted by molar-refractivity contribution is 5.91. The number of carboxylic acid groups (broad SMARTS) is 1. The van der Waals surface area contributed by atoms with Crippen LogP contribution in [0.25, 0.3) is 0 Å². The Labute approximate surface area is 118 Å². The fourth-order valence-electron chi connectivity index (χ4n) is 2.53. The molecule has 1 fully saturated rings. The summed E-state index contributed by atoms with van der Waals surface area (Å²) in [4.78, 5) is 36.5. The van der Waals surface area contributed by atoms with E-state index in [9.17, 15) is 19.5 Å². The van der Waals surface area contributed by atoms with E-state index < -0.39 is 23.6 Å². The second-order valence-corrected chi connectivity index (χ2v) is 5.76. The number of nitrogens with two attached hydrogens (primary N) is 1. The third-order valence-electron chi connectivity index (χ3n) is 3.85. The number of hydrogen-bond donors (Lipinski definition) is 3. The zero-order chi connectivity index (χ0) is 15.5. The fraction of sp³-hybridized carbons (Fsp3) is 0.769. The average molecular weight is 285 g/mol. The Kier molecular flexibility index (Phi) is 4.97. The van der Waals surface area contributed by atoms with E-state index in [-0.39, 0.29) is 11.8 Å². The Morgan fingerprint density at radius 2 is 1.90 bits per heavy atom. The van der Waals surface area contributed by atoms with E-state index in [1.165, 1.54) is 4.90 Å². The monoisotopic (exact) mass is 285 g/mol. The molecule has 1 heterocycles. The SMILES string of the molecule is CC(C)C(NC(N)=O)C(=O)N1CCCCC1(C)C(=O)O. The topological polar surface area (TPSA) is 113 Å². The van der Waals surface area contributed by atoms with Crippen LogP contribution in [-0.4, -0.2) is 46.0 Å². The minimum absolute atomic E-state index is 0.171. The molecule has 4 N–H and O–H groups in total. The van der Waals surface area contributed by atoms with Crippen molar-refractivity contribution < 1.29 is 19.5 Å². The molecule has 0 aromatic heterocycles. The first-order valence-corrected chi connectivity index (χ1v) is 6.81. The Balaban J connectivity index is 3.01. The highest BCUT2D eigenvalue weighted by Crippen LogP contribution is 2.29. The van der Waals surface area contributed by atoms with Crippen molar-refractivity contribution in [2.24, 2.45) is 11.7 Å². The highest BCUT2D eigenvalue weighted by atomic mass is 16.4. The number of urea groups is 1. The lowest BCUT2D eigenvalue weighted by atomic mass is 9.87. The number of primary amides is 1. The number of carboxylic acids is 1. The molecular weight excluding hydrogens is 262 g/mol. The van der Waals surface area contributed by atoms with Crippen molar-refractivity contribution >= 4 is 17.9 Å². The number of hydrogen-bond acceptors (Lipinski definition) is 3. The first kappa shape index (κ1) is 16.3. The van der Waals surface area contributed by atoms with Crippen molar-refractivity contribution in [2.75, 3.05) is 6.54 Å². The number of nitrogens with zero attached hydrogens (tertiary/aromatic N) is 1. The largest absolute Gasteiger partial charge is 0.480 e. The van der Waals surface area contributed by atoms with E-state index in [1.807, 2.05) is 0 Å². The minimum Gasteiger partial charge on any atom is -0.480 e. The van der Waals surface area contributed by atoms with Crippen molar-refractivity contribution in [1.82, 2.24) is 10.2 Å². The molecule has 1 aliphatic heterocycles. The quantitative estimate of drug-likeness (QED) is 0.699. The lowest BCUT2D eigenvalue weighted by Crippen LogP contribution is -2.63. The number of nitrogens with one attached hydrogen (secondary N) is 1. The molecule has 1 saturated heterocycles. The Bertz CT molecular complexity index is 410. The second-order valence-electron chi connectivity index (χ2n) is 5.76. The molecule has 114 valence electrons. The molecular formula is C13H23N3O4. The maximum Gasteiger partial charge on any atom is 0.329 e. The molecule has 7 heteroatoms. The molecule has 3 amide bonds. The summed E-state index contributed by atoms with van der Waals surface area (Å²) in [6.45, 7) is 5.49. The van der Waals surface area contributed by atoms with Gasteiger partial charge in [-0.05, 0) is 32.1 Å². The van der Waals surface area contributed by atoms with Gasteiger partial charge in [-0.15, -0.1) is 0 Å². The average Bonchev–Trinajstić information content (AvgIpc) is 2.35. The molecule has 1 aliphatic rings. The zero-order valence-electron chi connectivity index (χ0n) is 12.2. The predicted molar refractivity (Wildman–Crippen MR) is 72.9 cm³/mol. The molecule has 2 atom stereocenters. The number of piperidine rings is 1. The van der Waals surface area contributed by atoms with Gasteiger partial charge < -0.3 is 21.1 Å². The summed E-state index contributed by atoms with van der Waals surface area (Å²) in [5.41, 5.74) is 3.87. The van der Waals surface area contributed by atoms with Gasteiger partial charge in [0.1, 0.15) is 11.6 Å². The molecule has 20 heavy (non-hydrogen) atoms. The molecule has 0 aromatic rings. The minimum atomic E-state index is -1.22. The predicted octanol–water partition coefficient (Wildman–Crippen LogP) is 0.535. The van der Waals surface area contributed by atoms with Gasteiger partial charge in [-0.3, -0.25) is 4.79 Å². The Morgan fingerprint density at radius 1 is 1.30 bits per heavy atom. The zero-order valence-corrected chi connectivity index (χ0v) is 12.2. The third kappa shape index (κ3) is 3.20. The van der Waals surface area contributed by atoms with Crippen LogP contribution in [0.3, 0.4) is 0 Å². The van der Waals surface area contributed by atoms with Crippen molar-refractivity contribution in [3.8, 4) is 0 Å². The summed E-state index contributed by atoms with van der Waals surface area (Å²) in [7, 11) is 0. The van der Waals surface area contributed by atoms with Gasteiger partial charge in [0.2, 0.25) is 5.91 Å². The van der Waals surface area contributed by atoms with Gasteiger partial charge in [0.15, 0.2) is 0 Å². The van der Waals surface area contributed by atoms with Gasteiger partial charge in [-0.1, -0.05) is 13.8 Å². The number of carbonyl (C=O) groups excluding carboxylic acids is 2. The molecule has 0 bridgehead atoms. The molecule has 0 saturated carbocycles. The number of likely N-dealkylation sites (tertiary alicyclic amines) is 1. The van der Waals surface area contributed by atoms with Crippen LogP contribution in [0.2, 0.25) is 0 Å². The summed E-state index contributed by atoms with van der Waals surface area (Å²) in [6.07, 6.45) is 1.94. The van der Waals surface area contributed by atoms with E-state index in [0.29, 0.717) is 13.0 Å². The molecule has 0 aliphatic carbocycles. The van der Waals surface area contributed by atoms with Gasteiger partial charge in [0.05, 0.1) is 0 Å². The van der Waals surface area contributed by atoms with E-state index >= 15 is 0 Å². The van der Waals surface area contributed by atoms with Gasteiger partial charge >= 0.3 is 12.0 Å². The standard InChI is InChI=1S/C13H23N3O4/c1-8(2)9(15-12(14)20)10(17)16-7-5-4-6-13(16,3)11(18)19/h8-9H,4-7H2,1-3H3,(H,18,19)(H3,14,15,20). The molecule has 2 unspecified atom stereocenters. The van der Waals surface area contributed by atoms with Gasteiger partial charge in [0.25, 0.3) is 0 Å². The van der Waals surface area contributed by atoms with Gasteiger partial charge in [-0.25, -0.2) is 9.59 Å². The number of carbonyl (C=O) groups is 3. The lowest BCUT2D eigenvalue weighted by Gasteiger charge is -2.43. The van der Waals surface area contributed by atoms with Crippen LogP contribution in [0.4, 0.5) is 4.79 Å². The summed E-state index contributed by atoms with van der Waals surface area (Å²) >= 11 is 0. The first-order chi connectivity index (χ1) is 9.20. The van der Waals surface area contributed by atoms with Crippen LogP contribution in [0.5, 0.6) is 0 Å². The van der Waals surface area contributed by atoms with E-state index in [1.54, 1.807) is 20.8 Å². The Morgan fingerprint density at radius 3 is 2.35 bits per heavy atom. The fourth-order valence-corrected chi connectivity index (χ4v) is 2.53. The molecule has 0 aromatic carbocycles. The maximum atomic E-state index is 12.6. The summed E-state index contributed by atoms with van der Waals surface area (Å²) in [5.74, 6) is -1.58. The maximum absolute atomic E-state index is 12.6. The van der Waals surface area contributed by atoms with Crippen molar-refractivity contribution in [3.05, 3.63) is 0 Å². The molecule has 7 nitrogen and oxygen atoms in total. The summed E-state index contributed by atoms with van der Waals surface area (Å²) in [6, 6.07) is -1.59. The van der Waals surface area contributed by atoms with Crippen LogP contribution in [0.1, 0.15) is 40.0 Å². The summed E-state index contributed by atoms with van der Waals surface area (Å²) < 4.78 is 0. The van der Waals surface area contributed by atoms with E-state index in [0.717, 1.165) is 12.8 Å². The van der Waals surface area contributed by atoms with Crippen molar-refractivity contribution in [1.29, 1.82) is 0 Å². The molecule has 0 radical (unpaired) electrons. The highest BCUT2D eigenvalue weighted by Gasteiger charge is 2.46. The van der Waals surface area contributed by atoms with Crippen LogP contribution in [-0.2, 0) is 9.59 Å². The lowest BCUT2D eigenvalue weighted by molar-refractivity contribution is -0.162. The molecule has 0 spiro atoms. The number of aliphatic carboxylic acids is 1. The normalized spacial score (nSPS) is 24.3. The summed E-state index contributed by atoms with van der Waals surface area (Å²) in [5, 5.41) is 11.8. The van der Waals surface area contributed by atoms with Crippen LogP contribution in [0.15, 0.2) is 0 Å². The van der Waals surface area contributed by atoms with Gasteiger partial charge in [0, 0.05) is 6.54 Å². The smallest absolute Gasteiger partial charge is 0.329 e. The van der Waals surface area contributed by atoms with Gasteiger partial charge in [-0.2, -0.15) is 0 Å². The second kappa shape index (κ2) is 6.11. The Hall–Kier alpha value is -1.79. The van der Waals surface area contributed by atoms with Crippen LogP contribution < -0.4 is 11.1 Å². The van der Waals surface area contributed by atoms with E-state index in [2.05, 4.69) is 5.32 Å². The molecule has 1 rings (SSSR count). The third-order valence-corrected chi connectivity index (χ3v) is 3.85. The number of amides is 3. The number of rotatable bonds is 4. The van der Waals surface area contributed by atoms with Crippen LogP contribution in [0, 0.1) is 5.92 Å².